The largest absolute Gasteiger partial charge is 0.488 e. The molecule has 3 aliphatic rings. The molecule has 2 unspecified atom stereocenters. The smallest absolute Gasteiger partial charge is 0.236 e. The van der Waals surface area contributed by atoms with Gasteiger partial charge < -0.3 is 19.4 Å². The molecule has 6 rings (SSSR count). The van der Waals surface area contributed by atoms with Crippen molar-refractivity contribution in [3.63, 3.8) is 0 Å². The number of aromatic nitrogens is 3. The number of carbonyl (C=O) groups excluding carboxylic acids is 1. The molecule has 0 bridgehead atoms. The topological polar surface area (TPSA) is 88.3 Å². The van der Waals surface area contributed by atoms with Crippen LogP contribution in [0.5, 0.6) is 5.75 Å². The van der Waals surface area contributed by atoms with E-state index in [9.17, 15) is 4.79 Å². The van der Waals surface area contributed by atoms with Gasteiger partial charge in [0.15, 0.2) is 0 Å². The first-order valence-electron chi connectivity index (χ1n) is 12.9. The predicted molar refractivity (Wildman–Crippen MR) is 141 cm³/mol. The number of hydrogen-bond acceptors (Lipinski definition) is 8. The fourth-order valence-electron chi connectivity index (χ4n) is 5.64. The number of imidazole rings is 1. The van der Waals surface area contributed by atoms with E-state index in [-0.39, 0.29) is 24.0 Å². The molecule has 0 N–H and O–H groups in total. The lowest BCUT2D eigenvalue weighted by atomic mass is 9.89. The predicted octanol–water partition coefficient (Wildman–Crippen LogP) is 2.50. The average molecular weight is 504 g/mol. The highest BCUT2D eigenvalue weighted by Gasteiger charge is 2.38. The molecular formula is C27H33N7O3. The van der Waals surface area contributed by atoms with Crippen LogP contribution in [0, 0.1) is 0 Å². The van der Waals surface area contributed by atoms with Gasteiger partial charge in [-0.05, 0) is 32.0 Å². The van der Waals surface area contributed by atoms with Crippen molar-refractivity contribution in [3.05, 3.63) is 47.8 Å². The Kier molecular flexibility index (Phi) is 5.98. The Morgan fingerprint density at radius 3 is 2.62 bits per heavy atom. The number of anilines is 1. The number of ether oxygens (including phenoxy) is 1. The molecule has 1 aromatic carbocycles. The molecule has 3 aromatic rings. The highest BCUT2D eigenvalue weighted by atomic mass is 16.6. The second-order valence-corrected chi connectivity index (χ2v) is 10.3. The van der Waals surface area contributed by atoms with Gasteiger partial charge >= 0.3 is 0 Å². The summed E-state index contributed by atoms with van der Waals surface area (Å²) in [5.74, 6) is 1.95. The fourth-order valence-corrected chi connectivity index (χ4v) is 5.64. The van der Waals surface area contributed by atoms with E-state index in [1.807, 2.05) is 38.2 Å². The number of benzene rings is 1. The molecule has 10 heteroatoms. The molecule has 0 radical (unpaired) electrons. The lowest BCUT2D eigenvalue weighted by Crippen LogP contribution is -2.50. The monoisotopic (exact) mass is 503 g/mol. The van der Waals surface area contributed by atoms with Crippen molar-refractivity contribution in [1.29, 1.82) is 0 Å². The lowest BCUT2D eigenvalue weighted by molar-refractivity contribution is -0.129. The number of piperazine rings is 1. The van der Waals surface area contributed by atoms with E-state index in [2.05, 4.69) is 36.6 Å². The molecule has 0 aliphatic carbocycles. The van der Waals surface area contributed by atoms with Gasteiger partial charge in [-0.15, -0.1) is 0 Å². The van der Waals surface area contributed by atoms with Crippen molar-refractivity contribution in [2.45, 2.75) is 31.9 Å². The van der Waals surface area contributed by atoms with Crippen LogP contribution < -0.4 is 9.64 Å². The number of carbonyl (C=O) groups is 1. The van der Waals surface area contributed by atoms with Crippen LogP contribution in [-0.2, 0) is 9.63 Å². The zero-order valence-electron chi connectivity index (χ0n) is 21.8. The van der Waals surface area contributed by atoms with Crippen LogP contribution in [0.4, 0.5) is 5.95 Å². The zero-order chi connectivity index (χ0) is 25.7. The van der Waals surface area contributed by atoms with Crippen LogP contribution in [0.25, 0.3) is 11.0 Å². The van der Waals surface area contributed by atoms with Crippen molar-refractivity contribution in [1.82, 2.24) is 24.3 Å². The van der Waals surface area contributed by atoms with Crippen molar-refractivity contribution in [2.75, 3.05) is 58.3 Å². The highest BCUT2D eigenvalue weighted by Crippen LogP contribution is 2.45. The van der Waals surface area contributed by atoms with E-state index in [4.69, 9.17) is 14.6 Å². The first kappa shape index (κ1) is 23.7. The van der Waals surface area contributed by atoms with Crippen LogP contribution >= 0.6 is 0 Å². The van der Waals surface area contributed by atoms with Gasteiger partial charge in [0.1, 0.15) is 30.0 Å². The number of rotatable bonds is 5. The van der Waals surface area contributed by atoms with Gasteiger partial charge in [0.2, 0.25) is 11.9 Å². The molecule has 1 fully saturated rings. The molecule has 37 heavy (non-hydrogen) atoms. The molecule has 1 saturated heterocycles. The van der Waals surface area contributed by atoms with Crippen molar-refractivity contribution in [2.24, 2.45) is 5.16 Å². The van der Waals surface area contributed by atoms with Crippen LogP contribution in [0.15, 0.2) is 41.7 Å². The summed E-state index contributed by atoms with van der Waals surface area (Å²) in [6.45, 7) is 8.16. The number of nitrogens with zero attached hydrogens (tertiary/aromatic N) is 7. The third-order valence-electron chi connectivity index (χ3n) is 7.67. The SMILES string of the molecule is CC1=NOC(C)C1c1ccc2nc(N3CCN(CC(=O)N(C)C)CC3)n3c2c1OC[C@@H]3c1ccccn1. The molecule has 3 atom stereocenters. The lowest BCUT2D eigenvalue weighted by Gasteiger charge is -2.37. The van der Waals surface area contributed by atoms with Gasteiger partial charge in [0.25, 0.3) is 0 Å². The van der Waals surface area contributed by atoms with Gasteiger partial charge in [-0.3, -0.25) is 19.2 Å². The molecule has 194 valence electrons. The first-order chi connectivity index (χ1) is 17.9. The van der Waals surface area contributed by atoms with E-state index in [0.29, 0.717) is 13.2 Å². The Balaban J connectivity index is 1.41. The summed E-state index contributed by atoms with van der Waals surface area (Å²) in [4.78, 5) is 33.8. The molecule has 2 aromatic heterocycles. The Labute approximate surface area is 216 Å². The third kappa shape index (κ3) is 4.09. The molecular weight excluding hydrogens is 470 g/mol. The Morgan fingerprint density at radius 1 is 1.14 bits per heavy atom. The number of amides is 1. The summed E-state index contributed by atoms with van der Waals surface area (Å²) in [7, 11) is 3.60. The van der Waals surface area contributed by atoms with Gasteiger partial charge in [-0.25, -0.2) is 4.98 Å². The third-order valence-corrected chi connectivity index (χ3v) is 7.67. The Hall–Kier alpha value is -3.66. The van der Waals surface area contributed by atoms with Crippen molar-refractivity contribution < 1.29 is 14.4 Å². The van der Waals surface area contributed by atoms with E-state index in [1.54, 1.807) is 19.0 Å². The summed E-state index contributed by atoms with van der Waals surface area (Å²) in [5, 5.41) is 4.24. The standard InChI is InChI=1S/C27H33N7O3/c1-17-24(18(2)37-30-17)19-8-9-21-25-26(19)36-16-22(20-7-5-6-10-28-20)34(25)27(29-21)33-13-11-32(12-14-33)15-23(35)31(3)4/h5-10,18,22,24H,11-16H2,1-4H3/t18?,22-,24?/m1/s1. The highest BCUT2D eigenvalue weighted by molar-refractivity contribution is 5.94. The van der Waals surface area contributed by atoms with E-state index in [1.165, 1.54) is 0 Å². The average Bonchev–Trinajstić information content (AvgIpc) is 3.46. The minimum Gasteiger partial charge on any atom is -0.488 e. The second kappa shape index (κ2) is 9.33. The number of hydrogen-bond donors (Lipinski definition) is 0. The minimum atomic E-state index is -0.0932. The molecule has 0 spiro atoms. The van der Waals surface area contributed by atoms with Crippen molar-refractivity contribution in [3.8, 4) is 5.75 Å². The Bertz CT molecular complexity index is 1350. The maximum atomic E-state index is 12.2. The normalized spacial score (nSPS) is 23.5. The summed E-state index contributed by atoms with van der Waals surface area (Å²) in [5.41, 5.74) is 4.88. The summed E-state index contributed by atoms with van der Waals surface area (Å²) in [6.07, 6.45) is 1.77. The van der Waals surface area contributed by atoms with Crippen LogP contribution in [-0.4, -0.2) is 95.5 Å². The first-order valence-corrected chi connectivity index (χ1v) is 12.9. The van der Waals surface area contributed by atoms with Crippen LogP contribution in [0.3, 0.4) is 0 Å². The molecule has 5 heterocycles. The van der Waals surface area contributed by atoms with Gasteiger partial charge in [0.05, 0.1) is 29.4 Å². The molecule has 0 saturated carbocycles. The van der Waals surface area contributed by atoms with Gasteiger partial charge in [-0.2, -0.15) is 0 Å². The maximum absolute atomic E-state index is 12.2. The molecule has 3 aliphatic heterocycles. The minimum absolute atomic E-state index is 0.0374. The fraction of sp³-hybridized carbons (Fsp3) is 0.481. The zero-order valence-corrected chi connectivity index (χ0v) is 21.8. The van der Waals surface area contributed by atoms with E-state index >= 15 is 0 Å². The summed E-state index contributed by atoms with van der Waals surface area (Å²) >= 11 is 0. The quantitative estimate of drug-likeness (QED) is 0.529. The summed E-state index contributed by atoms with van der Waals surface area (Å²) < 4.78 is 8.82. The van der Waals surface area contributed by atoms with Crippen LogP contribution in [0.2, 0.25) is 0 Å². The maximum Gasteiger partial charge on any atom is 0.236 e. The molecule has 1 amide bonds. The van der Waals surface area contributed by atoms with Gasteiger partial charge in [-0.1, -0.05) is 17.3 Å². The van der Waals surface area contributed by atoms with Gasteiger partial charge in [0, 0.05) is 52.0 Å². The number of oxime groups is 1. The number of likely N-dealkylation sites (N-methyl/N-ethyl adjacent to an activating group) is 1. The van der Waals surface area contributed by atoms with E-state index in [0.717, 1.165) is 65.9 Å². The molecule has 10 nitrogen and oxygen atoms in total. The summed E-state index contributed by atoms with van der Waals surface area (Å²) in [6, 6.07) is 10.1. The Morgan fingerprint density at radius 2 is 1.95 bits per heavy atom. The van der Waals surface area contributed by atoms with Crippen molar-refractivity contribution >= 4 is 28.6 Å². The second-order valence-electron chi connectivity index (χ2n) is 10.3. The van der Waals surface area contributed by atoms with E-state index < -0.39 is 0 Å². The van der Waals surface area contributed by atoms with Crippen LogP contribution in [0.1, 0.15) is 37.1 Å². The number of pyridine rings is 1.